The highest BCUT2D eigenvalue weighted by molar-refractivity contribution is 7.91. The van der Waals surface area contributed by atoms with Crippen LogP contribution < -0.4 is 5.73 Å². The van der Waals surface area contributed by atoms with Gasteiger partial charge in [0.1, 0.15) is 0 Å². The van der Waals surface area contributed by atoms with Crippen molar-refractivity contribution in [2.75, 3.05) is 18.6 Å². The maximum absolute atomic E-state index is 11.3. The van der Waals surface area contributed by atoms with Gasteiger partial charge in [0.2, 0.25) is 0 Å². The first-order chi connectivity index (χ1) is 7.26. The summed E-state index contributed by atoms with van der Waals surface area (Å²) in [6, 6.07) is -0.0216. The van der Waals surface area contributed by atoms with E-state index in [2.05, 4.69) is 0 Å². The van der Waals surface area contributed by atoms with Gasteiger partial charge in [-0.05, 0) is 39.0 Å². The molecule has 5 heteroatoms. The summed E-state index contributed by atoms with van der Waals surface area (Å²) in [5.74, 6) is 0.707. The lowest BCUT2D eigenvalue weighted by molar-refractivity contribution is 0.0115. The zero-order valence-corrected chi connectivity index (χ0v) is 11.2. The second-order valence-corrected chi connectivity index (χ2v) is 7.56. The smallest absolute Gasteiger partial charge is 0.150 e. The topological polar surface area (TPSA) is 69.4 Å². The van der Waals surface area contributed by atoms with Gasteiger partial charge in [-0.3, -0.25) is 0 Å². The zero-order valence-electron chi connectivity index (χ0n) is 10.4. The van der Waals surface area contributed by atoms with Crippen molar-refractivity contribution in [2.24, 2.45) is 11.7 Å². The summed E-state index contributed by atoms with van der Waals surface area (Å²) in [5.41, 5.74) is 5.87. The molecule has 1 fully saturated rings. The predicted octanol–water partition coefficient (Wildman–Crippen LogP) is 0.954. The second kappa shape index (κ2) is 5.02. The summed E-state index contributed by atoms with van der Waals surface area (Å²) in [7, 11) is -1.13. The molecule has 0 bridgehead atoms. The fourth-order valence-corrected chi connectivity index (χ4v) is 3.91. The van der Waals surface area contributed by atoms with Gasteiger partial charge in [0.15, 0.2) is 9.84 Å². The molecule has 16 heavy (non-hydrogen) atoms. The molecule has 2 atom stereocenters. The zero-order chi connectivity index (χ0) is 12.4. The van der Waals surface area contributed by atoms with Gasteiger partial charge in [-0.2, -0.15) is 0 Å². The van der Waals surface area contributed by atoms with E-state index in [9.17, 15) is 8.42 Å². The van der Waals surface area contributed by atoms with Crippen molar-refractivity contribution in [1.82, 2.24) is 0 Å². The lowest BCUT2D eigenvalue weighted by atomic mass is 9.91. The van der Waals surface area contributed by atoms with Crippen LogP contribution in [0.1, 0.15) is 33.1 Å². The Hall–Kier alpha value is -0.130. The normalized spacial score (nSPS) is 26.9. The number of methoxy groups -OCH3 is 1. The van der Waals surface area contributed by atoms with Crippen LogP contribution in [0.15, 0.2) is 0 Å². The van der Waals surface area contributed by atoms with E-state index >= 15 is 0 Å². The summed E-state index contributed by atoms with van der Waals surface area (Å²) in [6.07, 6.45) is 2.40. The number of nitrogens with two attached hydrogens (primary N) is 1. The van der Waals surface area contributed by atoms with Crippen molar-refractivity contribution < 1.29 is 13.2 Å². The molecule has 0 aromatic rings. The molecular formula is C11H23NO3S. The average molecular weight is 249 g/mol. The Balaban J connectivity index is 2.40. The van der Waals surface area contributed by atoms with Gasteiger partial charge in [0, 0.05) is 13.2 Å². The third kappa shape index (κ3) is 4.03. The molecule has 0 amide bonds. The van der Waals surface area contributed by atoms with E-state index in [0.717, 1.165) is 19.3 Å². The van der Waals surface area contributed by atoms with E-state index in [1.165, 1.54) is 0 Å². The molecule has 4 nitrogen and oxygen atoms in total. The molecule has 1 saturated heterocycles. The monoisotopic (exact) mass is 249 g/mol. The highest BCUT2D eigenvalue weighted by atomic mass is 32.2. The lowest BCUT2D eigenvalue weighted by Crippen LogP contribution is -2.34. The maximum Gasteiger partial charge on any atom is 0.150 e. The Labute approximate surface area is 98.5 Å². The summed E-state index contributed by atoms with van der Waals surface area (Å²) in [6.45, 7) is 4.04. The SMILES string of the molecule is COC(C)(C)CCC(N)C1CCS(=O)(=O)C1. The Bertz CT molecular complexity index is 324. The number of ether oxygens (including phenoxy) is 1. The van der Waals surface area contributed by atoms with Gasteiger partial charge < -0.3 is 10.5 Å². The minimum atomic E-state index is -2.81. The van der Waals surface area contributed by atoms with Gasteiger partial charge in [-0.25, -0.2) is 8.42 Å². The van der Waals surface area contributed by atoms with Crippen molar-refractivity contribution >= 4 is 9.84 Å². The van der Waals surface area contributed by atoms with E-state index in [4.69, 9.17) is 10.5 Å². The van der Waals surface area contributed by atoms with Crippen LogP contribution in [0.3, 0.4) is 0 Å². The molecule has 0 aromatic heterocycles. The molecule has 1 heterocycles. The van der Waals surface area contributed by atoms with Gasteiger partial charge >= 0.3 is 0 Å². The van der Waals surface area contributed by atoms with Gasteiger partial charge in [-0.1, -0.05) is 0 Å². The van der Waals surface area contributed by atoms with E-state index in [1.807, 2.05) is 13.8 Å². The van der Waals surface area contributed by atoms with Crippen LogP contribution in [-0.4, -0.2) is 38.7 Å². The first-order valence-corrected chi connectivity index (χ1v) is 7.59. The Morgan fingerprint density at radius 3 is 2.56 bits per heavy atom. The molecule has 0 aliphatic carbocycles. The Morgan fingerprint density at radius 1 is 1.50 bits per heavy atom. The number of hydrogen-bond acceptors (Lipinski definition) is 4. The van der Waals surface area contributed by atoms with Crippen LogP contribution in [-0.2, 0) is 14.6 Å². The third-order valence-electron chi connectivity index (χ3n) is 3.51. The number of sulfone groups is 1. The van der Waals surface area contributed by atoms with Crippen LogP contribution in [0.25, 0.3) is 0 Å². The van der Waals surface area contributed by atoms with Crippen molar-refractivity contribution in [3.63, 3.8) is 0 Å². The average Bonchev–Trinajstić information content (AvgIpc) is 2.55. The molecule has 1 rings (SSSR count). The molecule has 2 unspecified atom stereocenters. The van der Waals surface area contributed by atoms with Crippen LogP contribution in [0, 0.1) is 5.92 Å². The molecule has 2 N–H and O–H groups in total. The van der Waals surface area contributed by atoms with Crippen LogP contribution in [0.2, 0.25) is 0 Å². The standard InChI is InChI=1S/C11H23NO3S/c1-11(2,15-3)6-4-10(12)9-5-7-16(13,14)8-9/h9-10H,4-8,12H2,1-3H3. The maximum atomic E-state index is 11.3. The Kier molecular flexibility index (Phi) is 4.37. The molecule has 0 radical (unpaired) electrons. The predicted molar refractivity (Wildman–Crippen MR) is 65.1 cm³/mol. The fraction of sp³-hybridized carbons (Fsp3) is 1.00. The van der Waals surface area contributed by atoms with Crippen LogP contribution >= 0.6 is 0 Å². The number of rotatable bonds is 5. The molecule has 96 valence electrons. The van der Waals surface area contributed by atoms with Gasteiger partial charge in [0.25, 0.3) is 0 Å². The highest BCUT2D eigenvalue weighted by Crippen LogP contribution is 2.25. The summed E-state index contributed by atoms with van der Waals surface area (Å²) in [5, 5.41) is 0. The van der Waals surface area contributed by atoms with Crippen molar-refractivity contribution in [3.05, 3.63) is 0 Å². The lowest BCUT2D eigenvalue weighted by Gasteiger charge is -2.26. The van der Waals surface area contributed by atoms with Crippen molar-refractivity contribution in [2.45, 2.75) is 44.8 Å². The fourth-order valence-electron chi connectivity index (χ4n) is 2.01. The van der Waals surface area contributed by atoms with E-state index in [0.29, 0.717) is 5.75 Å². The van der Waals surface area contributed by atoms with E-state index in [1.54, 1.807) is 7.11 Å². The second-order valence-electron chi connectivity index (χ2n) is 5.33. The highest BCUT2D eigenvalue weighted by Gasteiger charge is 2.32. The van der Waals surface area contributed by atoms with Crippen molar-refractivity contribution in [1.29, 1.82) is 0 Å². The molecule has 1 aliphatic heterocycles. The molecule has 0 spiro atoms. The molecule has 0 aromatic carbocycles. The molecule has 1 aliphatic rings. The van der Waals surface area contributed by atoms with Gasteiger partial charge in [0.05, 0.1) is 17.1 Å². The number of hydrogen-bond donors (Lipinski definition) is 1. The summed E-state index contributed by atoms with van der Waals surface area (Å²) < 4.78 is 28.0. The van der Waals surface area contributed by atoms with Crippen LogP contribution in [0.5, 0.6) is 0 Å². The summed E-state index contributed by atoms with van der Waals surface area (Å²) >= 11 is 0. The quantitative estimate of drug-likeness (QED) is 0.787. The summed E-state index contributed by atoms with van der Waals surface area (Å²) in [4.78, 5) is 0. The van der Waals surface area contributed by atoms with Gasteiger partial charge in [-0.15, -0.1) is 0 Å². The first-order valence-electron chi connectivity index (χ1n) is 5.77. The largest absolute Gasteiger partial charge is 0.379 e. The minimum absolute atomic E-state index is 0.0216. The van der Waals surface area contributed by atoms with Crippen LogP contribution in [0.4, 0.5) is 0 Å². The van der Waals surface area contributed by atoms with E-state index < -0.39 is 9.84 Å². The van der Waals surface area contributed by atoms with Crippen molar-refractivity contribution in [3.8, 4) is 0 Å². The first kappa shape index (κ1) is 13.9. The minimum Gasteiger partial charge on any atom is -0.379 e. The third-order valence-corrected chi connectivity index (χ3v) is 5.30. The molecular weight excluding hydrogens is 226 g/mol. The Morgan fingerprint density at radius 2 is 2.12 bits per heavy atom. The van der Waals surface area contributed by atoms with E-state index in [-0.39, 0.29) is 23.3 Å². The molecule has 0 saturated carbocycles.